The Kier molecular flexibility index (Phi) is 8.60. The molecule has 2 amide bonds. The Morgan fingerprint density at radius 3 is 2.17 bits per heavy atom. The molecule has 1 aromatic heterocycles. The summed E-state index contributed by atoms with van der Waals surface area (Å²) in [7, 11) is 1.26. The van der Waals surface area contributed by atoms with Crippen LogP contribution in [0.3, 0.4) is 0 Å². The topological polar surface area (TPSA) is 107 Å². The molecule has 0 aliphatic heterocycles. The largest absolute Gasteiger partial charge is 0.467 e. The van der Waals surface area contributed by atoms with E-state index >= 15 is 0 Å². The number of ether oxygens (including phenoxy) is 2. The van der Waals surface area contributed by atoms with Crippen molar-refractivity contribution in [1.29, 1.82) is 0 Å². The standard InChI is InChI=1S/C21H33N3O5/c1-20(2,3)13-16(24-19(27)29-21(4,5)6)17(25)23-15(18(26)28-7)12-14-10-8-9-11-22-14/h8-11,15-16H,12-13H2,1-7H3,(H,23,25)(H,24,27)/t15-,16+/m0/s1. The van der Waals surface area contributed by atoms with Crippen molar-refractivity contribution in [2.24, 2.45) is 5.41 Å². The third-order valence-corrected chi connectivity index (χ3v) is 3.77. The Labute approximate surface area is 172 Å². The molecular formula is C21H33N3O5. The number of carbonyl (C=O) groups excluding carboxylic acids is 3. The van der Waals surface area contributed by atoms with Gasteiger partial charge in [0.05, 0.1) is 7.11 Å². The van der Waals surface area contributed by atoms with Crippen molar-refractivity contribution in [2.75, 3.05) is 7.11 Å². The first-order valence-corrected chi connectivity index (χ1v) is 9.58. The highest BCUT2D eigenvalue weighted by atomic mass is 16.6. The van der Waals surface area contributed by atoms with Gasteiger partial charge in [-0.15, -0.1) is 0 Å². The van der Waals surface area contributed by atoms with E-state index < -0.39 is 35.7 Å². The highest BCUT2D eigenvalue weighted by molar-refractivity contribution is 5.89. The molecule has 0 unspecified atom stereocenters. The zero-order chi connectivity index (χ0) is 22.2. The van der Waals surface area contributed by atoms with Gasteiger partial charge in [0.1, 0.15) is 17.7 Å². The molecule has 2 N–H and O–H groups in total. The number of methoxy groups -OCH3 is 1. The lowest BCUT2D eigenvalue weighted by Crippen LogP contribution is -2.54. The number of aromatic nitrogens is 1. The minimum Gasteiger partial charge on any atom is -0.467 e. The van der Waals surface area contributed by atoms with Crippen LogP contribution in [-0.4, -0.2) is 47.7 Å². The molecule has 29 heavy (non-hydrogen) atoms. The number of esters is 1. The zero-order valence-electron chi connectivity index (χ0n) is 18.4. The smallest absolute Gasteiger partial charge is 0.408 e. The highest BCUT2D eigenvalue weighted by Crippen LogP contribution is 2.21. The average molecular weight is 408 g/mol. The van der Waals surface area contributed by atoms with Gasteiger partial charge in [-0.2, -0.15) is 0 Å². The first kappa shape index (κ1) is 24.4. The van der Waals surface area contributed by atoms with Crippen LogP contribution >= 0.6 is 0 Å². The van der Waals surface area contributed by atoms with Crippen molar-refractivity contribution in [2.45, 2.75) is 72.1 Å². The highest BCUT2D eigenvalue weighted by Gasteiger charge is 2.31. The molecule has 0 aliphatic carbocycles. The third-order valence-electron chi connectivity index (χ3n) is 3.77. The first-order valence-electron chi connectivity index (χ1n) is 9.58. The van der Waals surface area contributed by atoms with Gasteiger partial charge in [0.15, 0.2) is 0 Å². The van der Waals surface area contributed by atoms with E-state index in [0.717, 1.165) is 0 Å². The van der Waals surface area contributed by atoms with Crippen LogP contribution in [0.5, 0.6) is 0 Å². The summed E-state index contributed by atoms with van der Waals surface area (Å²) in [6.07, 6.45) is 1.45. The summed E-state index contributed by atoms with van der Waals surface area (Å²) in [6.45, 7) is 11.1. The van der Waals surface area contributed by atoms with Crippen molar-refractivity contribution in [3.8, 4) is 0 Å². The zero-order valence-corrected chi connectivity index (χ0v) is 18.4. The SMILES string of the molecule is COC(=O)[C@H](Cc1ccccn1)NC(=O)[C@@H](CC(C)(C)C)NC(=O)OC(C)(C)C. The predicted octanol–water partition coefficient (Wildman–Crippen LogP) is 2.61. The third kappa shape index (κ3) is 9.91. The summed E-state index contributed by atoms with van der Waals surface area (Å²) in [5.74, 6) is -1.08. The van der Waals surface area contributed by atoms with Crippen LogP contribution in [0.1, 0.15) is 53.7 Å². The number of nitrogens with zero attached hydrogens (tertiary/aromatic N) is 1. The fourth-order valence-corrected chi connectivity index (χ4v) is 2.61. The molecule has 8 heteroatoms. The Morgan fingerprint density at radius 2 is 1.69 bits per heavy atom. The van der Waals surface area contributed by atoms with Gasteiger partial charge in [-0.1, -0.05) is 26.8 Å². The molecule has 1 aromatic rings. The van der Waals surface area contributed by atoms with Crippen molar-refractivity contribution >= 4 is 18.0 Å². The Bertz CT molecular complexity index is 693. The lowest BCUT2D eigenvalue weighted by atomic mass is 9.87. The molecule has 1 heterocycles. The normalized spacial score (nSPS) is 13.8. The van der Waals surface area contributed by atoms with Crippen LogP contribution in [0.2, 0.25) is 0 Å². The Hall–Kier alpha value is -2.64. The van der Waals surface area contributed by atoms with E-state index in [2.05, 4.69) is 15.6 Å². The maximum absolute atomic E-state index is 12.9. The summed E-state index contributed by atoms with van der Waals surface area (Å²) in [5, 5.41) is 5.30. The number of hydrogen-bond donors (Lipinski definition) is 2. The molecule has 0 aromatic carbocycles. The van der Waals surface area contributed by atoms with E-state index in [4.69, 9.17) is 9.47 Å². The van der Waals surface area contributed by atoms with Crippen LogP contribution in [-0.2, 0) is 25.5 Å². The van der Waals surface area contributed by atoms with Crippen molar-refractivity contribution in [1.82, 2.24) is 15.6 Å². The maximum Gasteiger partial charge on any atom is 0.408 e. The number of nitrogens with one attached hydrogen (secondary N) is 2. The number of alkyl carbamates (subject to hydrolysis) is 1. The van der Waals surface area contributed by atoms with Crippen molar-refractivity contribution < 1.29 is 23.9 Å². The van der Waals surface area contributed by atoms with E-state index in [1.54, 1.807) is 45.2 Å². The average Bonchev–Trinajstić information content (AvgIpc) is 2.57. The van der Waals surface area contributed by atoms with Crippen LogP contribution in [0.15, 0.2) is 24.4 Å². The second-order valence-electron chi connectivity index (χ2n) is 9.07. The summed E-state index contributed by atoms with van der Waals surface area (Å²) >= 11 is 0. The van der Waals surface area contributed by atoms with E-state index in [1.807, 2.05) is 20.8 Å². The molecule has 8 nitrogen and oxygen atoms in total. The molecule has 0 saturated heterocycles. The van der Waals surface area contributed by atoms with E-state index in [9.17, 15) is 14.4 Å². The van der Waals surface area contributed by atoms with Crippen molar-refractivity contribution in [3.05, 3.63) is 30.1 Å². The quantitative estimate of drug-likeness (QED) is 0.673. The fourth-order valence-electron chi connectivity index (χ4n) is 2.61. The van der Waals surface area contributed by atoms with Gasteiger partial charge in [0, 0.05) is 18.3 Å². The maximum atomic E-state index is 12.9. The summed E-state index contributed by atoms with van der Waals surface area (Å²) in [4.78, 5) is 41.5. The molecule has 162 valence electrons. The fraction of sp³-hybridized carbons (Fsp3) is 0.619. The molecule has 1 rings (SSSR count). The van der Waals surface area contributed by atoms with E-state index in [0.29, 0.717) is 12.1 Å². The van der Waals surface area contributed by atoms with E-state index in [-0.39, 0.29) is 11.8 Å². The predicted molar refractivity (Wildman–Crippen MR) is 109 cm³/mol. The van der Waals surface area contributed by atoms with Crippen LogP contribution in [0, 0.1) is 5.41 Å². The minimum atomic E-state index is -0.926. The van der Waals surface area contributed by atoms with Crippen LogP contribution in [0.4, 0.5) is 4.79 Å². The van der Waals surface area contributed by atoms with Crippen LogP contribution in [0.25, 0.3) is 0 Å². The lowest BCUT2D eigenvalue weighted by molar-refractivity contribution is -0.145. The molecule has 0 saturated carbocycles. The van der Waals surface area contributed by atoms with Gasteiger partial charge in [0.25, 0.3) is 0 Å². The number of pyridine rings is 1. The molecule has 0 radical (unpaired) electrons. The first-order chi connectivity index (χ1) is 13.3. The molecular weight excluding hydrogens is 374 g/mol. The Morgan fingerprint density at radius 1 is 1.03 bits per heavy atom. The van der Waals surface area contributed by atoms with Gasteiger partial charge < -0.3 is 20.1 Å². The van der Waals surface area contributed by atoms with Gasteiger partial charge in [0.2, 0.25) is 5.91 Å². The van der Waals surface area contributed by atoms with E-state index in [1.165, 1.54) is 7.11 Å². The van der Waals surface area contributed by atoms with Gasteiger partial charge in [-0.25, -0.2) is 9.59 Å². The van der Waals surface area contributed by atoms with Gasteiger partial charge in [-0.05, 0) is 44.7 Å². The van der Waals surface area contributed by atoms with Gasteiger partial charge in [-0.3, -0.25) is 9.78 Å². The summed E-state index contributed by atoms with van der Waals surface area (Å²) in [5.41, 5.74) is -0.310. The number of carbonyl (C=O) groups is 3. The molecule has 0 fully saturated rings. The number of hydrogen-bond acceptors (Lipinski definition) is 6. The van der Waals surface area contributed by atoms with Crippen molar-refractivity contribution in [3.63, 3.8) is 0 Å². The molecule has 0 bridgehead atoms. The second kappa shape index (κ2) is 10.2. The summed E-state index contributed by atoms with van der Waals surface area (Å²) in [6, 6.07) is 3.52. The lowest BCUT2D eigenvalue weighted by Gasteiger charge is -2.28. The Balaban J connectivity index is 2.95. The number of amides is 2. The molecule has 0 aliphatic rings. The summed E-state index contributed by atoms with van der Waals surface area (Å²) < 4.78 is 10.1. The molecule has 0 spiro atoms. The second-order valence-corrected chi connectivity index (χ2v) is 9.07. The van der Waals surface area contributed by atoms with Crippen LogP contribution < -0.4 is 10.6 Å². The minimum absolute atomic E-state index is 0.175. The number of rotatable bonds is 7. The van der Waals surface area contributed by atoms with Gasteiger partial charge >= 0.3 is 12.1 Å². The monoisotopic (exact) mass is 407 g/mol. The molecule has 2 atom stereocenters.